The van der Waals surface area contributed by atoms with E-state index < -0.39 is 23.5 Å². The van der Waals surface area contributed by atoms with Gasteiger partial charge in [0.1, 0.15) is 17.6 Å². The second-order valence-corrected chi connectivity index (χ2v) is 8.87. The Morgan fingerprint density at radius 1 is 1.21 bits per heavy atom. The van der Waals surface area contributed by atoms with Crippen LogP contribution in [-0.4, -0.2) is 53.0 Å². The molecule has 2 aliphatic rings. The van der Waals surface area contributed by atoms with Crippen LogP contribution in [0.3, 0.4) is 0 Å². The Kier molecular flexibility index (Phi) is 5.89. The predicted octanol–water partition coefficient (Wildman–Crippen LogP) is 3.32. The van der Waals surface area contributed by atoms with Crippen LogP contribution in [0.4, 0.5) is 35.2 Å². The van der Waals surface area contributed by atoms with Gasteiger partial charge in [0, 0.05) is 50.3 Å². The molecule has 0 bridgehead atoms. The lowest BCUT2D eigenvalue weighted by Gasteiger charge is -2.39. The molecule has 0 radical (unpaired) electrons. The number of aryl methyl sites for hydroxylation is 1. The summed E-state index contributed by atoms with van der Waals surface area (Å²) in [7, 11) is 1.84. The Bertz CT molecular complexity index is 1100. The Labute approximate surface area is 189 Å². The van der Waals surface area contributed by atoms with E-state index in [1.165, 1.54) is 4.90 Å². The standard InChI is InChI=1S/C22H25F3N6O2/c1-10(2)19-21(32)29-18-11(3)26-16(28-20(18)30(19)4)5-12-8-31(9-12)22(33)27-13-6-14(23)17(25)15(24)7-13/h6-7,10,12,19H,5,8-9H2,1-4H3,(H,27,33)(H,29,32)/t19-/m0/s1. The van der Waals surface area contributed by atoms with Crippen LogP contribution in [0.25, 0.3) is 0 Å². The smallest absolute Gasteiger partial charge is 0.321 e. The van der Waals surface area contributed by atoms with Crippen molar-refractivity contribution in [2.75, 3.05) is 35.7 Å². The largest absolute Gasteiger partial charge is 0.346 e. The first-order valence-corrected chi connectivity index (χ1v) is 10.7. The molecule has 33 heavy (non-hydrogen) atoms. The first kappa shape index (κ1) is 22.8. The van der Waals surface area contributed by atoms with Crippen LogP contribution in [-0.2, 0) is 11.2 Å². The normalized spacial score (nSPS) is 18.2. The highest BCUT2D eigenvalue weighted by atomic mass is 19.2. The minimum Gasteiger partial charge on any atom is -0.346 e. The van der Waals surface area contributed by atoms with Gasteiger partial charge in [0.25, 0.3) is 0 Å². The van der Waals surface area contributed by atoms with Crippen LogP contribution < -0.4 is 15.5 Å². The molecule has 1 saturated heterocycles. The average Bonchev–Trinajstić information content (AvgIpc) is 2.69. The number of carbonyl (C=O) groups excluding carboxylic acids is 2. The summed E-state index contributed by atoms with van der Waals surface area (Å²) >= 11 is 0. The SMILES string of the molecule is Cc1nc(CC2CN(C(=O)Nc3cc(F)c(F)c(F)c3)C2)nc2c1NC(=O)[C@H](C(C)C)N2C. The van der Waals surface area contributed by atoms with Gasteiger partial charge in [0.15, 0.2) is 23.3 Å². The lowest BCUT2D eigenvalue weighted by atomic mass is 9.96. The van der Waals surface area contributed by atoms with Crippen LogP contribution in [0, 0.1) is 36.2 Å². The van der Waals surface area contributed by atoms with E-state index in [4.69, 9.17) is 0 Å². The van der Waals surface area contributed by atoms with E-state index in [1.807, 2.05) is 32.7 Å². The van der Waals surface area contributed by atoms with Gasteiger partial charge in [-0.3, -0.25) is 4.79 Å². The van der Waals surface area contributed by atoms with Gasteiger partial charge in [-0.05, 0) is 12.8 Å². The number of benzene rings is 1. The van der Waals surface area contributed by atoms with Gasteiger partial charge in [-0.2, -0.15) is 0 Å². The average molecular weight is 462 g/mol. The second kappa shape index (κ2) is 8.53. The molecule has 2 N–H and O–H groups in total. The Hall–Kier alpha value is -3.37. The van der Waals surface area contributed by atoms with E-state index in [0.29, 0.717) is 42.5 Å². The summed E-state index contributed by atoms with van der Waals surface area (Å²) in [6, 6.07) is 0.610. The van der Waals surface area contributed by atoms with Crippen molar-refractivity contribution < 1.29 is 22.8 Å². The number of carbonyl (C=O) groups is 2. The van der Waals surface area contributed by atoms with Crippen molar-refractivity contribution in [3.63, 3.8) is 0 Å². The van der Waals surface area contributed by atoms with E-state index in [2.05, 4.69) is 20.6 Å². The first-order chi connectivity index (χ1) is 15.5. The number of rotatable bonds is 4. The highest BCUT2D eigenvalue weighted by Crippen LogP contribution is 2.34. The van der Waals surface area contributed by atoms with Crippen molar-refractivity contribution in [2.24, 2.45) is 11.8 Å². The van der Waals surface area contributed by atoms with Gasteiger partial charge in [0.2, 0.25) is 5.91 Å². The Morgan fingerprint density at radius 2 is 1.85 bits per heavy atom. The molecule has 11 heteroatoms. The molecule has 0 unspecified atom stereocenters. The van der Waals surface area contributed by atoms with Gasteiger partial charge in [-0.1, -0.05) is 13.8 Å². The molecule has 8 nitrogen and oxygen atoms in total. The first-order valence-electron chi connectivity index (χ1n) is 10.7. The highest BCUT2D eigenvalue weighted by molar-refractivity contribution is 6.03. The maximum atomic E-state index is 13.3. The highest BCUT2D eigenvalue weighted by Gasteiger charge is 2.36. The number of nitrogens with one attached hydrogen (secondary N) is 2. The number of fused-ring (bicyclic) bond motifs is 1. The third kappa shape index (κ3) is 4.31. The van der Waals surface area contributed by atoms with Crippen LogP contribution in [0.15, 0.2) is 12.1 Å². The number of hydrogen-bond donors (Lipinski definition) is 2. The van der Waals surface area contributed by atoms with Crippen molar-refractivity contribution in [3.8, 4) is 0 Å². The Balaban J connectivity index is 1.39. The zero-order valence-electron chi connectivity index (χ0n) is 18.7. The zero-order valence-corrected chi connectivity index (χ0v) is 18.7. The Morgan fingerprint density at radius 3 is 2.45 bits per heavy atom. The molecule has 1 aromatic heterocycles. The molecule has 2 aromatic rings. The number of likely N-dealkylation sites (N-methyl/N-ethyl adjacent to an activating group) is 1. The minimum atomic E-state index is -1.58. The number of nitrogens with zero attached hydrogens (tertiary/aromatic N) is 4. The molecule has 0 saturated carbocycles. The molecule has 3 heterocycles. The fourth-order valence-corrected chi connectivity index (χ4v) is 4.32. The maximum absolute atomic E-state index is 13.3. The van der Waals surface area contributed by atoms with Crippen LogP contribution in [0.2, 0.25) is 0 Å². The number of aromatic nitrogens is 2. The molecule has 176 valence electrons. The number of anilines is 3. The summed E-state index contributed by atoms with van der Waals surface area (Å²) in [5.74, 6) is -2.90. The van der Waals surface area contributed by atoms with E-state index in [-0.39, 0.29) is 29.5 Å². The van der Waals surface area contributed by atoms with E-state index in [9.17, 15) is 22.8 Å². The summed E-state index contributed by atoms with van der Waals surface area (Å²) in [4.78, 5) is 37.3. The lowest BCUT2D eigenvalue weighted by Crippen LogP contribution is -2.52. The van der Waals surface area contributed by atoms with Crippen molar-refractivity contribution in [2.45, 2.75) is 33.2 Å². The van der Waals surface area contributed by atoms with Crippen molar-refractivity contribution >= 4 is 29.1 Å². The summed E-state index contributed by atoms with van der Waals surface area (Å²) in [5, 5.41) is 5.29. The molecule has 3 amide bonds. The molecule has 0 spiro atoms. The molecule has 2 aliphatic heterocycles. The summed E-state index contributed by atoms with van der Waals surface area (Å²) in [6.07, 6.45) is 0.534. The van der Waals surface area contributed by atoms with Gasteiger partial charge in [-0.15, -0.1) is 0 Å². The number of hydrogen-bond acceptors (Lipinski definition) is 5. The summed E-state index contributed by atoms with van der Waals surface area (Å²) in [6.45, 7) is 6.60. The van der Waals surface area contributed by atoms with E-state index >= 15 is 0 Å². The fourth-order valence-electron chi connectivity index (χ4n) is 4.32. The number of urea groups is 1. The van der Waals surface area contributed by atoms with E-state index in [1.54, 1.807) is 0 Å². The molecule has 0 aliphatic carbocycles. The van der Waals surface area contributed by atoms with E-state index in [0.717, 1.165) is 12.1 Å². The number of likely N-dealkylation sites (tertiary alicyclic amines) is 1. The van der Waals surface area contributed by atoms with Crippen molar-refractivity contribution in [1.29, 1.82) is 0 Å². The molecular weight excluding hydrogens is 437 g/mol. The topological polar surface area (TPSA) is 90.5 Å². The molecule has 1 fully saturated rings. The third-order valence-electron chi connectivity index (χ3n) is 5.97. The monoisotopic (exact) mass is 462 g/mol. The third-order valence-corrected chi connectivity index (χ3v) is 5.97. The van der Waals surface area contributed by atoms with Crippen LogP contribution in [0.5, 0.6) is 0 Å². The van der Waals surface area contributed by atoms with Gasteiger partial charge < -0.3 is 20.4 Å². The minimum absolute atomic E-state index is 0.0824. The maximum Gasteiger partial charge on any atom is 0.321 e. The second-order valence-electron chi connectivity index (χ2n) is 8.87. The fraction of sp³-hybridized carbons (Fsp3) is 0.455. The van der Waals surface area contributed by atoms with Crippen molar-refractivity contribution in [3.05, 3.63) is 41.1 Å². The lowest BCUT2D eigenvalue weighted by molar-refractivity contribution is -0.118. The predicted molar refractivity (Wildman–Crippen MR) is 117 cm³/mol. The molecular formula is C22H25F3N6O2. The molecule has 1 aromatic carbocycles. The quantitative estimate of drug-likeness (QED) is 0.681. The van der Waals surface area contributed by atoms with Crippen LogP contribution >= 0.6 is 0 Å². The van der Waals surface area contributed by atoms with Gasteiger partial charge in [0.05, 0.1) is 5.69 Å². The van der Waals surface area contributed by atoms with Gasteiger partial charge in [-0.25, -0.2) is 27.9 Å². The molecule has 1 atom stereocenters. The zero-order chi connectivity index (χ0) is 24.0. The molecule has 4 rings (SSSR count). The van der Waals surface area contributed by atoms with Crippen molar-refractivity contribution in [1.82, 2.24) is 14.9 Å². The number of halogens is 3. The van der Waals surface area contributed by atoms with Gasteiger partial charge >= 0.3 is 6.03 Å². The number of amides is 3. The summed E-state index contributed by atoms with van der Waals surface area (Å²) in [5.41, 5.74) is 1.13. The van der Waals surface area contributed by atoms with Crippen LogP contribution in [0.1, 0.15) is 25.4 Å². The summed E-state index contributed by atoms with van der Waals surface area (Å²) < 4.78 is 39.8.